The summed E-state index contributed by atoms with van der Waals surface area (Å²) in [5.41, 5.74) is 2.77. The lowest BCUT2D eigenvalue weighted by atomic mass is 10.2. The van der Waals surface area contributed by atoms with Gasteiger partial charge in [-0.2, -0.15) is 0 Å². The number of anilines is 3. The van der Waals surface area contributed by atoms with Crippen LogP contribution in [0.5, 0.6) is 0 Å². The third-order valence-corrected chi connectivity index (χ3v) is 4.70. The van der Waals surface area contributed by atoms with Crippen LogP contribution in [-0.4, -0.2) is 18.4 Å². The minimum atomic E-state index is -0.414. The van der Waals surface area contributed by atoms with Gasteiger partial charge in [0.05, 0.1) is 29.9 Å². The van der Waals surface area contributed by atoms with E-state index in [1.165, 1.54) is 6.26 Å². The Labute approximate surface area is 175 Å². The molecular formula is C20H17BrClN3O3. The number of amides is 2. The van der Waals surface area contributed by atoms with Crippen LogP contribution in [0.1, 0.15) is 16.1 Å². The van der Waals surface area contributed by atoms with Crippen molar-refractivity contribution >= 4 is 56.4 Å². The van der Waals surface area contributed by atoms with E-state index in [-0.39, 0.29) is 18.2 Å². The van der Waals surface area contributed by atoms with Crippen molar-refractivity contribution in [2.75, 3.05) is 22.5 Å². The third-order valence-electron chi connectivity index (χ3n) is 3.81. The fourth-order valence-corrected chi connectivity index (χ4v) is 3.22. The molecule has 6 nitrogen and oxygen atoms in total. The number of halogens is 2. The largest absolute Gasteiger partial charge is 0.459 e. The summed E-state index contributed by atoms with van der Waals surface area (Å²) in [5.74, 6) is -0.473. The summed E-state index contributed by atoms with van der Waals surface area (Å²) in [4.78, 5) is 24.5. The molecule has 0 bridgehead atoms. The van der Waals surface area contributed by atoms with E-state index in [0.29, 0.717) is 22.1 Å². The Morgan fingerprint density at radius 2 is 1.82 bits per heavy atom. The van der Waals surface area contributed by atoms with E-state index in [9.17, 15) is 9.59 Å². The average Bonchev–Trinajstić information content (AvgIpc) is 3.18. The second-order valence-electron chi connectivity index (χ2n) is 6.01. The third kappa shape index (κ3) is 5.15. The van der Waals surface area contributed by atoms with E-state index >= 15 is 0 Å². The minimum Gasteiger partial charge on any atom is -0.459 e. The summed E-state index contributed by atoms with van der Waals surface area (Å²) in [6.45, 7) is 1.97. The Morgan fingerprint density at radius 1 is 1.04 bits per heavy atom. The molecule has 3 aromatic rings. The topological polar surface area (TPSA) is 83.4 Å². The summed E-state index contributed by atoms with van der Waals surface area (Å²) in [6, 6.07) is 13.8. The molecule has 0 spiro atoms. The van der Waals surface area contributed by atoms with Crippen LogP contribution in [0.25, 0.3) is 0 Å². The molecule has 0 fully saturated rings. The monoisotopic (exact) mass is 461 g/mol. The molecule has 0 saturated carbocycles. The van der Waals surface area contributed by atoms with Crippen molar-refractivity contribution in [1.82, 2.24) is 0 Å². The zero-order valence-electron chi connectivity index (χ0n) is 14.9. The van der Waals surface area contributed by atoms with Crippen molar-refractivity contribution in [3.8, 4) is 0 Å². The predicted molar refractivity (Wildman–Crippen MR) is 114 cm³/mol. The van der Waals surface area contributed by atoms with Gasteiger partial charge >= 0.3 is 0 Å². The first-order chi connectivity index (χ1) is 13.4. The number of aryl methyl sites for hydroxylation is 1. The van der Waals surface area contributed by atoms with Gasteiger partial charge in [0.2, 0.25) is 5.91 Å². The van der Waals surface area contributed by atoms with Gasteiger partial charge in [-0.1, -0.05) is 17.7 Å². The van der Waals surface area contributed by atoms with Crippen molar-refractivity contribution < 1.29 is 14.0 Å². The number of benzene rings is 2. The molecule has 0 aliphatic heterocycles. The Kier molecular flexibility index (Phi) is 6.38. The molecule has 8 heteroatoms. The normalized spacial score (nSPS) is 10.4. The number of furan rings is 1. The van der Waals surface area contributed by atoms with Crippen molar-refractivity contribution in [2.45, 2.75) is 6.92 Å². The molecule has 144 valence electrons. The second-order valence-corrected chi connectivity index (χ2v) is 7.30. The number of hydrogen-bond donors (Lipinski definition) is 3. The number of rotatable bonds is 6. The maximum absolute atomic E-state index is 12.3. The fraction of sp³-hybridized carbons (Fsp3) is 0.100. The Hall–Kier alpha value is -2.77. The molecule has 2 amide bonds. The number of carbonyl (C=O) groups excluding carboxylic acids is 2. The van der Waals surface area contributed by atoms with Gasteiger partial charge in [-0.05, 0) is 70.9 Å². The number of hydrogen-bond acceptors (Lipinski definition) is 4. The van der Waals surface area contributed by atoms with Crippen LogP contribution >= 0.6 is 27.5 Å². The molecular weight excluding hydrogens is 446 g/mol. The lowest BCUT2D eigenvalue weighted by Gasteiger charge is -2.14. The lowest BCUT2D eigenvalue weighted by Crippen LogP contribution is -2.23. The van der Waals surface area contributed by atoms with Gasteiger partial charge in [0.1, 0.15) is 0 Å². The van der Waals surface area contributed by atoms with E-state index in [1.807, 2.05) is 25.1 Å². The van der Waals surface area contributed by atoms with E-state index in [1.54, 1.807) is 30.3 Å². The van der Waals surface area contributed by atoms with Crippen molar-refractivity contribution in [3.05, 3.63) is 75.6 Å². The number of carbonyl (C=O) groups is 2. The van der Waals surface area contributed by atoms with Gasteiger partial charge in [0.15, 0.2) is 5.76 Å². The summed E-state index contributed by atoms with van der Waals surface area (Å²) < 4.78 is 5.89. The van der Waals surface area contributed by atoms with Gasteiger partial charge in [0.25, 0.3) is 5.91 Å². The average molecular weight is 463 g/mol. The van der Waals surface area contributed by atoms with Crippen LogP contribution in [0.2, 0.25) is 5.02 Å². The first kappa shape index (κ1) is 20.0. The summed E-state index contributed by atoms with van der Waals surface area (Å²) >= 11 is 9.47. The molecule has 2 aromatic carbocycles. The van der Waals surface area contributed by atoms with Crippen LogP contribution in [-0.2, 0) is 4.79 Å². The van der Waals surface area contributed by atoms with Crippen LogP contribution in [0, 0.1) is 6.92 Å². The zero-order chi connectivity index (χ0) is 20.1. The smallest absolute Gasteiger partial charge is 0.291 e. The first-order valence-corrected chi connectivity index (χ1v) is 9.54. The highest BCUT2D eigenvalue weighted by Gasteiger charge is 2.13. The highest BCUT2D eigenvalue weighted by Crippen LogP contribution is 2.27. The van der Waals surface area contributed by atoms with E-state index in [0.717, 1.165) is 10.0 Å². The standard InChI is InChI=1S/C20H17BrClN3O3/c1-12-4-6-15(14(21)9-12)24-19(26)11-23-16-7-5-13(22)10-17(16)25-20(27)18-3-2-8-28-18/h2-10,23H,11H2,1H3,(H,24,26)(H,25,27). The maximum atomic E-state index is 12.3. The highest BCUT2D eigenvalue weighted by molar-refractivity contribution is 9.10. The van der Waals surface area contributed by atoms with Crippen molar-refractivity contribution in [2.24, 2.45) is 0 Å². The van der Waals surface area contributed by atoms with Gasteiger partial charge in [-0.25, -0.2) is 0 Å². The molecule has 1 aromatic heterocycles. The predicted octanol–water partition coefficient (Wildman–Crippen LogP) is 5.31. The minimum absolute atomic E-state index is 0.00553. The molecule has 0 unspecified atom stereocenters. The lowest BCUT2D eigenvalue weighted by molar-refractivity contribution is -0.114. The molecule has 0 aliphatic rings. The van der Waals surface area contributed by atoms with Crippen LogP contribution in [0.15, 0.2) is 63.7 Å². The van der Waals surface area contributed by atoms with Crippen LogP contribution < -0.4 is 16.0 Å². The van der Waals surface area contributed by atoms with Crippen LogP contribution in [0.4, 0.5) is 17.1 Å². The zero-order valence-corrected chi connectivity index (χ0v) is 17.2. The fourth-order valence-electron chi connectivity index (χ4n) is 2.46. The highest BCUT2D eigenvalue weighted by atomic mass is 79.9. The molecule has 28 heavy (non-hydrogen) atoms. The molecule has 0 saturated heterocycles. The Bertz CT molecular complexity index is 1010. The van der Waals surface area contributed by atoms with Crippen molar-refractivity contribution in [1.29, 1.82) is 0 Å². The van der Waals surface area contributed by atoms with Gasteiger partial charge in [-0.3, -0.25) is 9.59 Å². The van der Waals surface area contributed by atoms with E-state index in [4.69, 9.17) is 16.0 Å². The molecule has 0 aliphatic carbocycles. The summed E-state index contributed by atoms with van der Waals surface area (Å²) in [5, 5.41) is 9.01. The summed E-state index contributed by atoms with van der Waals surface area (Å²) in [6.07, 6.45) is 1.42. The molecule has 0 radical (unpaired) electrons. The molecule has 3 N–H and O–H groups in total. The van der Waals surface area contributed by atoms with Gasteiger partial charge < -0.3 is 20.4 Å². The first-order valence-electron chi connectivity index (χ1n) is 8.36. The SMILES string of the molecule is Cc1ccc(NC(=O)CNc2ccc(Cl)cc2NC(=O)c2ccco2)c(Br)c1. The quantitative estimate of drug-likeness (QED) is 0.464. The van der Waals surface area contributed by atoms with Gasteiger partial charge in [-0.15, -0.1) is 0 Å². The number of nitrogens with one attached hydrogen (secondary N) is 3. The molecule has 0 atom stereocenters. The maximum Gasteiger partial charge on any atom is 0.291 e. The van der Waals surface area contributed by atoms with E-state index < -0.39 is 5.91 Å². The summed E-state index contributed by atoms with van der Waals surface area (Å²) in [7, 11) is 0. The van der Waals surface area contributed by atoms with Crippen molar-refractivity contribution in [3.63, 3.8) is 0 Å². The molecule has 1 heterocycles. The Balaban J connectivity index is 1.66. The second kappa shape index (κ2) is 8.95. The van der Waals surface area contributed by atoms with Gasteiger partial charge in [0, 0.05) is 9.50 Å². The Morgan fingerprint density at radius 3 is 2.54 bits per heavy atom. The molecule has 3 rings (SSSR count). The van der Waals surface area contributed by atoms with Crippen LogP contribution in [0.3, 0.4) is 0 Å². The van der Waals surface area contributed by atoms with E-state index in [2.05, 4.69) is 31.9 Å².